The molecular weight excluding hydrogens is 233 g/mol. The molecule has 100 valence electrons. The number of methoxy groups -OCH3 is 1. The van der Waals surface area contributed by atoms with Crippen LogP contribution in [-0.2, 0) is 4.79 Å². The summed E-state index contributed by atoms with van der Waals surface area (Å²) in [6, 6.07) is 3.97. The molecule has 1 aromatic carbocycles. The highest BCUT2D eigenvalue weighted by Gasteiger charge is 2.24. The molecule has 0 aromatic heterocycles. The van der Waals surface area contributed by atoms with Gasteiger partial charge in [0, 0.05) is 11.0 Å². The first kappa shape index (κ1) is 14.5. The highest BCUT2D eigenvalue weighted by Crippen LogP contribution is 2.26. The summed E-state index contributed by atoms with van der Waals surface area (Å²) < 4.78 is 18.4. The summed E-state index contributed by atoms with van der Waals surface area (Å²) in [5, 5.41) is 2.85. The minimum absolute atomic E-state index is 0.0821. The van der Waals surface area contributed by atoms with Crippen molar-refractivity contribution in [2.75, 3.05) is 7.11 Å². The van der Waals surface area contributed by atoms with Gasteiger partial charge in [0.15, 0.2) is 0 Å². The van der Waals surface area contributed by atoms with Gasteiger partial charge in [0.1, 0.15) is 11.6 Å². The summed E-state index contributed by atoms with van der Waals surface area (Å²) in [7, 11) is 1.52. The molecule has 0 fully saturated rings. The van der Waals surface area contributed by atoms with Crippen LogP contribution in [0, 0.1) is 11.2 Å². The molecule has 1 aromatic rings. The maximum atomic E-state index is 13.2. The van der Waals surface area contributed by atoms with Gasteiger partial charge in [0.25, 0.3) is 0 Å². The third-order valence-corrected chi connectivity index (χ3v) is 2.69. The van der Waals surface area contributed by atoms with Crippen LogP contribution < -0.4 is 10.1 Å². The Labute approximate surface area is 107 Å². The van der Waals surface area contributed by atoms with Crippen LogP contribution in [0.3, 0.4) is 0 Å². The van der Waals surface area contributed by atoms with E-state index < -0.39 is 5.41 Å². The second kappa shape index (κ2) is 5.38. The molecule has 1 atom stereocenters. The number of rotatable bonds is 3. The van der Waals surface area contributed by atoms with E-state index in [4.69, 9.17) is 4.74 Å². The van der Waals surface area contributed by atoms with Crippen LogP contribution in [0.2, 0.25) is 0 Å². The molecule has 0 saturated heterocycles. The summed E-state index contributed by atoms with van der Waals surface area (Å²) in [5.41, 5.74) is 0.157. The van der Waals surface area contributed by atoms with Gasteiger partial charge >= 0.3 is 0 Å². The van der Waals surface area contributed by atoms with Crippen LogP contribution in [-0.4, -0.2) is 13.0 Å². The molecule has 1 N–H and O–H groups in total. The zero-order valence-electron chi connectivity index (χ0n) is 11.5. The van der Waals surface area contributed by atoms with E-state index in [0.29, 0.717) is 11.3 Å². The summed E-state index contributed by atoms with van der Waals surface area (Å²) in [5.74, 6) is 0.141. The fourth-order valence-corrected chi connectivity index (χ4v) is 1.53. The van der Waals surface area contributed by atoms with E-state index in [-0.39, 0.29) is 17.8 Å². The molecule has 0 heterocycles. The molecule has 4 heteroatoms. The first-order valence-electron chi connectivity index (χ1n) is 5.90. The van der Waals surface area contributed by atoms with Gasteiger partial charge in [0.05, 0.1) is 13.2 Å². The molecule has 0 radical (unpaired) electrons. The van der Waals surface area contributed by atoms with E-state index in [1.54, 1.807) is 13.0 Å². The lowest BCUT2D eigenvalue weighted by Crippen LogP contribution is -2.36. The Morgan fingerprint density at radius 3 is 2.50 bits per heavy atom. The molecule has 0 aliphatic carbocycles. The van der Waals surface area contributed by atoms with Crippen molar-refractivity contribution < 1.29 is 13.9 Å². The molecule has 3 nitrogen and oxygen atoms in total. The quantitative estimate of drug-likeness (QED) is 0.899. The Morgan fingerprint density at radius 2 is 2.00 bits per heavy atom. The SMILES string of the molecule is COc1ccc(F)cc1C(C)NC(=O)C(C)(C)C. The third kappa shape index (κ3) is 3.45. The van der Waals surface area contributed by atoms with Crippen molar-refractivity contribution in [1.29, 1.82) is 0 Å². The van der Waals surface area contributed by atoms with Crippen LogP contribution in [0.5, 0.6) is 5.75 Å². The molecule has 0 bridgehead atoms. The number of hydrogen-bond donors (Lipinski definition) is 1. The highest BCUT2D eigenvalue weighted by atomic mass is 19.1. The number of ether oxygens (including phenoxy) is 1. The van der Waals surface area contributed by atoms with Crippen LogP contribution in [0.4, 0.5) is 4.39 Å². The minimum Gasteiger partial charge on any atom is -0.496 e. The smallest absolute Gasteiger partial charge is 0.225 e. The van der Waals surface area contributed by atoms with Gasteiger partial charge in [-0.2, -0.15) is 0 Å². The van der Waals surface area contributed by atoms with E-state index in [1.807, 2.05) is 20.8 Å². The van der Waals surface area contributed by atoms with Crippen molar-refractivity contribution in [2.24, 2.45) is 5.41 Å². The fourth-order valence-electron chi connectivity index (χ4n) is 1.53. The van der Waals surface area contributed by atoms with Crippen molar-refractivity contribution >= 4 is 5.91 Å². The third-order valence-electron chi connectivity index (χ3n) is 2.69. The Kier molecular flexibility index (Phi) is 4.33. The molecule has 1 unspecified atom stereocenters. The number of carbonyl (C=O) groups excluding carboxylic acids is 1. The van der Waals surface area contributed by atoms with Gasteiger partial charge in [-0.1, -0.05) is 20.8 Å². The first-order valence-corrected chi connectivity index (χ1v) is 5.90. The van der Waals surface area contributed by atoms with Crippen LogP contribution in [0.15, 0.2) is 18.2 Å². The van der Waals surface area contributed by atoms with Crippen molar-refractivity contribution in [3.8, 4) is 5.75 Å². The zero-order chi connectivity index (χ0) is 13.9. The monoisotopic (exact) mass is 253 g/mol. The van der Waals surface area contributed by atoms with Gasteiger partial charge in [-0.3, -0.25) is 4.79 Å². The van der Waals surface area contributed by atoms with Gasteiger partial charge in [-0.25, -0.2) is 4.39 Å². The number of halogens is 1. The number of carbonyl (C=O) groups is 1. The maximum absolute atomic E-state index is 13.2. The zero-order valence-corrected chi connectivity index (χ0v) is 11.5. The average molecular weight is 253 g/mol. The first-order chi connectivity index (χ1) is 8.25. The standard InChI is InChI=1S/C14H20FNO2/c1-9(16-13(17)14(2,3)4)11-8-10(15)6-7-12(11)18-5/h6-9H,1-5H3,(H,16,17). The minimum atomic E-state index is -0.477. The van der Waals surface area contributed by atoms with E-state index in [1.165, 1.54) is 19.2 Å². The Bertz CT molecular complexity index is 438. The summed E-state index contributed by atoms with van der Waals surface area (Å²) in [4.78, 5) is 11.9. The molecule has 1 rings (SSSR count). The number of nitrogens with one attached hydrogen (secondary N) is 1. The maximum Gasteiger partial charge on any atom is 0.225 e. The predicted octanol–water partition coefficient (Wildman–Crippen LogP) is 3.06. The lowest BCUT2D eigenvalue weighted by molar-refractivity contribution is -0.129. The van der Waals surface area contributed by atoms with Crippen molar-refractivity contribution in [3.63, 3.8) is 0 Å². The van der Waals surface area contributed by atoms with E-state index in [9.17, 15) is 9.18 Å². The molecular formula is C14H20FNO2. The van der Waals surface area contributed by atoms with Crippen LogP contribution in [0.25, 0.3) is 0 Å². The highest BCUT2D eigenvalue weighted by molar-refractivity contribution is 5.81. The Hall–Kier alpha value is -1.58. The molecule has 0 aliphatic rings. The van der Waals surface area contributed by atoms with E-state index >= 15 is 0 Å². The van der Waals surface area contributed by atoms with E-state index in [0.717, 1.165) is 0 Å². The predicted molar refractivity (Wildman–Crippen MR) is 69.0 cm³/mol. The normalized spacial score (nSPS) is 13.0. The summed E-state index contributed by atoms with van der Waals surface area (Å²) >= 11 is 0. The topological polar surface area (TPSA) is 38.3 Å². The Balaban J connectivity index is 2.93. The molecule has 0 saturated carbocycles. The average Bonchev–Trinajstić information content (AvgIpc) is 2.27. The summed E-state index contributed by atoms with van der Waals surface area (Å²) in [6.45, 7) is 7.30. The molecule has 1 amide bonds. The number of amides is 1. The van der Waals surface area contributed by atoms with Crippen molar-refractivity contribution in [3.05, 3.63) is 29.6 Å². The Morgan fingerprint density at radius 1 is 1.39 bits per heavy atom. The molecule has 0 aliphatic heterocycles. The second-order valence-corrected chi connectivity index (χ2v) is 5.33. The van der Waals surface area contributed by atoms with Gasteiger partial charge in [-0.05, 0) is 25.1 Å². The fraction of sp³-hybridized carbons (Fsp3) is 0.500. The van der Waals surface area contributed by atoms with Crippen LogP contribution in [0.1, 0.15) is 39.3 Å². The number of hydrogen-bond acceptors (Lipinski definition) is 2. The van der Waals surface area contributed by atoms with Crippen molar-refractivity contribution in [2.45, 2.75) is 33.7 Å². The summed E-state index contributed by atoms with van der Waals surface area (Å²) in [6.07, 6.45) is 0. The second-order valence-electron chi connectivity index (χ2n) is 5.33. The number of benzene rings is 1. The molecule has 0 spiro atoms. The van der Waals surface area contributed by atoms with Gasteiger partial charge < -0.3 is 10.1 Å². The molecule has 18 heavy (non-hydrogen) atoms. The van der Waals surface area contributed by atoms with Crippen molar-refractivity contribution in [1.82, 2.24) is 5.32 Å². The lowest BCUT2D eigenvalue weighted by Gasteiger charge is -2.23. The van der Waals surface area contributed by atoms with Crippen LogP contribution >= 0.6 is 0 Å². The largest absolute Gasteiger partial charge is 0.496 e. The lowest BCUT2D eigenvalue weighted by atomic mass is 9.94. The van der Waals surface area contributed by atoms with E-state index in [2.05, 4.69) is 5.32 Å². The van der Waals surface area contributed by atoms with Gasteiger partial charge in [-0.15, -0.1) is 0 Å². The van der Waals surface area contributed by atoms with Gasteiger partial charge in [0.2, 0.25) is 5.91 Å².